The van der Waals surface area contributed by atoms with Crippen molar-refractivity contribution in [2.45, 2.75) is 13.3 Å². The molecule has 0 amide bonds. The maximum atomic E-state index is 10.3. The summed E-state index contributed by atoms with van der Waals surface area (Å²) in [6.07, 6.45) is 1.46. The van der Waals surface area contributed by atoms with Gasteiger partial charge in [0.25, 0.3) is 0 Å². The molecule has 0 bridgehead atoms. The van der Waals surface area contributed by atoms with Crippen LogP contribution in [0.25, 0.3) is 10.1 Å². The van der Waals surface area contributed by atoms with E-state index < -0.39 is 0 Å². The summed E-state index contributed by atoms with van der Waals surface area (Å²) < 4.78 is 1.30. The number of aryl methyl sites for hydroxylation is 1. The summed E-state index contributed by atoms with van der Waals surface area (Å²) in [4.78, 5) is 11.6. The molecule has 0 radical (unpaired) electrons. The Kier molecular flexibility index (Phi) is 2.15. The summed E-state index contributed by atoms with van der Waals surface area (Å²) in [5, 5.41) is 1.25. The Morgan fingerprint density at radius 2 is 2.23 bits per heavy atom. The highest BCUT2D eigenvalue weighted by molar-refractivity contribution is 7.19. The number of fused-ring (bicyclic) bond motifs is 1. The Hall–Kier alpha value is -1.15. The number of hydrogen-bond acceptors (Lipinski definition) is 2. The average Bonchev–Trinajstić information content (AvgIpc) is 2.44. The maximum Gasteiger partial charge on any atom is 0.124 e. The average molecular weight is 190 g/mol. The van der Waals surface area contributed by atoms with Gasteiger partial charge in [0.2, 0.25) is 0 Å². The van der Waals surface area contributed by atoms with Gasteiger partial charge in [-0.1, -0.05) is 6.07 Å². The van der Waals surface area contributed by atoms with Crippen molar-refractivity contribution in [1.82, 2.24) is 0 Å². The van der Waals surface area contributed by atoms with Crippen molar-refractivity contribution in [3.05, 3.63) is 34.7 Å². The molecule has 0 aliphatic rings. The van der Waals surface area contributed by atoms with E-state index in [2.05, 4.69) is 25.1 Å². The highest BCUT2D eigenvalue weighted by atomic mass is 32.1. The summed E-state index contributed by atoms with van der Waals surface area (Å²) in [6.45, 7) is 2.10. The third-order valence-electron chi connectivity index (χ3n) is 2.02. The van der Waals surface area contributed by atoms with Gasteiger partial charge in [-0.3, -0.25) is 0 Å². The number of hydrogen-bond donors (Lipinski definition) is 0. The Bertz CT molecular complexity index is 442. The lowest BCUT2D eigenvalue weighted by molar-refractivity contribution is -0.107. The van der Waals surface area contributed by atoms with E-state index in [4.69, 9.17) is 0 Å². The van der Waals surface area contributed by atoms with Crippen molar-refractivity contribution < 1.29 is 4.79 Å². The number of carbonyl (C=O) groups excluding carboxylic acids is 1. The zero-order valence-corrected chi connectivity index (χ0v) is 8.23. The summed E-state index contributed by atoms with van der Waals surface area (Å²) in [7, 11) is 0. The predicted molar refractivity (Wildman–Crippen MR) is 56.3 cm³/mol. The van der Waals surface area contributed by atoms with Crippen LogP contribution in [0.3, 0.4) is 0 Å². The van der Waals surface area contributed by atoms with E-state index in [9.17, 15) is 4.79 Å². The molecule has 0 saturated carbocycles. The fourth-order valence-electron chi connectivity index (χ4n) is 1.45. The molecule has 0 aliphatic carbocycles. The van der Waals surface area contributed by atoms with Crippen molar-refractivity contribution in [3.63, 3.8) is 0 Å². The van der Waals surface area contributed by atoms with Crippen molar-refractivity contribution >= 4 is 27.7 Å². The minimum Gasteiger partial charge on any atom is -0.303 e. The zero-order valence-electron chi connectivity index (χ0n) is 7.41. The largest absolute Gasteiger partial charge is 0.303 e. The van der Waals surface area contributed by atoms with Gasteiger partial charge in [0.05, 0.1) is 0 Å². The van der Waals surface area contributed by atoms with Gasteiger partial charge >= 0.3 is 0 Å². The van der Waals surface area contributed by atoms with Crippen LogP contribution in [0.1, 0.15) is 10.4 Å². The molecule has 1 heterocycles. The van der Waals surface area contributed by atoms with Gasteiger partial charge in [-0.05, 0) is 36.1 Å². The van der Waals surface area contributed by atoms with Crippen LogP contribution in [0.4, 0.5) is 0 Å². The van der Waals surface area contributed by atoms with E-state index in [0.717, 1.165) is 11.8 Å². The lowest BCUT2D eigenvalue weighted by Gasteiger charge is -1.94. The minimum absolute atomic E-state index is 0.519. The molecule has 0 aliphatic heterocycles. The van der Waals surface area contributed by atoms with E-state index in [1.165, 1.54) is 15.0 Å². The quantitative estimate of drug-likeness (QED) is 0.665. The first-order valence-electron chi connectivity index (χ1n) is 4.22. The summed E-state index contributed by atoms with van der Waals surface area (Å²) in [5.41, 5.74) is 1.10. The van der Waals surface area contributed by atoms with Crippen LogP contribution in [0, 0.1) is 6.92 Å². The lowest BCUT2D eigenvalue weighted by atomic mass is 10.1. The highest BCUT2D eigenvalue weighted by Crippen LogP contribution is 2.25. The van der Waals surface area contributed by atoms with Gasteiger partial charge in [0.15, 0.2) is 0 Å². The van der Waals surface area contributed by atoms with Crippen LogP contribution in [-0.2, 0) is 11.2 Å². The second-order valence-corrected chi connectivity index (χ2v) is 4.39. The molecule has 0 atom stereocenters. The van der Waals surface area contributed by atoms with Crippen LogP contribution in [0.2, 0.25) is 0 Å². The van der Waals surface area contributed by atoms with Gasteiger partial charge in [0.1, 0.15) is 6.29 Å². The number of benzene rings is 1. The standard InChI is InChI=1S/C11H10OS/c1-8-6-10-7-9(4-5-12)2-3-11(10)13-8/h2-3,5-7H,4H2,1H3. The first kappa shape index (κ1) is 8.45. The molecule has 66 valence electrons. The molecule has 2 rings (SSSR count). The third-order valence-corrected chi connectivity index (χ3v) is 3.05. The first-order chi connectivity index (χ1) is 6.29. The molecule has 2 aromatic rings. The van der Waals surface area contributed by atoms with Gasteiger partial charge in [-0.2, -0.15) is 0 Å². The number of rotatable bonds is 2. The molecule has 1 aromatic carbocycles. The Morgan fingerprint density at radius 1 is 1.38 bits per heavy atom. The second-order valence-electron chi connectivity index (χ2n) is 3.10. The second kappa shape index (κ2) is 3.30. The normalized spacial score (nSPS) is 10.5. The minimum atomic E-state index is 0.519. The van der Waals surface area contributed by atoms with Gasteiger partial charge in [-0.15, -0.1) is 11.3 Å². The van der Waals surface area contributed by atoms with Crippen molar-refractivity contribution in [1.29, 1.82) is 0 Å². The Labute approximate surface area is 81.0 Å². The Balaban J connectivity index is 2.54. The topological polar surface area (TPSA) is 17.1 Å². The third kappa shape index (κ3) is 1.63. The molecule has 1 nitrogen and oxygen atoms in total. The van der Waals surface area contributed by atoms with Crippen LogP contribution in [0.15, 0.2) is 24.3 Å². The number of aldehydes is 1. The summed E-state index contributed by atoms with van der Waals surface area (Å²) >= 11 is 1.79. The molecular weight excluding hydrogens is 180 g/mol. The fourth-order valence-corrected chi connectivity index (χ4v) is 2.35. The van der Waals surface area contributed by atoms with Gasteiger partial charge < -0.3 is 4.79 Å². The zero-order chi connectivity index (χ0) is 9.26. The monoisotopic (exact) mass is 190 g/mol. The van der Waals surface area contributed by atoms with E-state index >= 15 is 0 Å². The van der Waals surface area contributed by atoms with Crippen molar-refractivity contribution in [3.8, 4) is 0 Å². The molecule has 0 saturated heterocycles. The molecule has 0 spiro atoms. The van der Waals surface area contributed by atoms with Gasteiger partial charge in [-0.25, -0.2) is 0 Å². The first-order valence-corrected chi connectivity index (χ1v) is 5.04. The number of thiophene rings is 1. The molecule has 13 heavy (non-hydrogen) atoms. The van der Waals surface area contributed by atoms with E-state index in [-0.39, 0.29) is 0 Å². The smallest absolute Gasteiger partial charge is 0.124 e. The molecule has 2 heteroatoms. The van der Waals surface area contributed by atoms with Crippen LogP contribution < -0.4 is 0 Å². The highest BCUT2D eigenvalue weighted by Gasteiger charge is 1.99. The van der Waals surface area contributed by atoms with E-state index in [0.29, 0.717) is 6.42 Å². The van der Waals surface area contributed by atoms with Crippen molar-refractivity contribution in [2.24, 2.45) is 0 Å². The van der Waals surface area contributed by atoms with E-state index in [1.54, 1.807) is 11.3 Å². The molecule has 0 fully saturated rings. The number of carbonyl (C=O) groups is 1. The maximum absolute atomic E-state index is 10.3. The fraction of sp³-hybridized carbons (Fsp3) is 0.182. The van der Waals surface area contributed by atoms with E-state index in [1.807, 2.05) is 6.07 Å². The molecule has 0 N–H and O–H groups in total. The SMILES string of the molecule is Cc1cc2cc(CC=O)ccc2s1. The predicted octanol–water partition coefficient (Wildman–Crippen LogP) is 2.95. The summed E-state index contributed by atoms with van der Waals surface area (Å²) in [6, 6.07) is 8.36. The van der Waals surface area contributed by atoms with Crippen molar-refractivity contribution in [2.75, 3.05) is 0 Å². The summed E-state index contributed by atoms with van der Waals surface area (Å²) in [5.74, 6) is 0. The molecular formula is C11H10OS. The Morgan fingerprint density at radius 3 is 3.00 bits per heavy atom. The van der Waals surface area contributed by atoms with Gasteiger partial charge in [0, 0.05) is 16.0 Å². The molecule has 1 aromatic heterocycles. The van der Waals surface area contributed by atoms with Crippen LogP contribution in [-0.4, -0.2) is 6.29 Å². The van der Waals surface area contributed by atoms with Crippen LogP contribution in [0.5, 0.6) is 0 Å². The molecule has 0 unspecified atom stereocenters. The lowest BCUT2D eigenvalue weighted by Crippen LogP contribution is -1.83. The van der Waals surface area contributed by atoms with Crippen LogP contribution >= 0.6 is 11.3 Å².